The van der Waals surface area contributed by atoms with Crippen LogP contribution in [0.1, 0.15) is 25.0 Å². The Morgan fingerprint density at radius 1 is 0.607 bits per heavy atom. The van der Waals surface area contributed by atoms with Crippen LogP contribution in [0.2, 0.25) is 0 Å². The van der Waals surface area contributed by atoms with Crippen molar-refractivity contribution in [1.29, 1.82) is 0 Å². The molecule has 0 aliphatic carbocycles. The summed E-state index contributed by atoms with van der Waals surface area (Å²) in [4.78, 5) is 0. The second kappa shape index (κ2) is 9.85. The Balaban J connectivity index is 2.67. The van der Waals surface area contributed by atoms with Crippen molar-refractivity contribution in [3.63, 3.8) is 0 Å². The lowest BCUT2D eigenvalue weighted by atomic mass is 9.84. The molecule has 0 fully saturated rings. The number of rotatable bonds is 5. The molecule has 0 saturated carbocycles. The molecule has 0 aromatic heterocycles. The van der Waals surface area contributed by atoms with Gasteiger partial charge in [0.1, 0.15) is 6.47 Å². The van der Waals surface area contributed by atoms with Gasteiger partial charge in [-0.2, -0.15) is 0 Å². The zero-order chi connectivity index (χ0) is 21.7. The highest BCUT2D eigenvalue weighted by atomic mass is 79.9. The zero-order valence-corrected chi connectivity index (χ0v) is 30.1. The van der Waals surface area contributed by atoms with Crippen molar-refractivity contribution in [1.82, 2.24) is 0 Å². The Morgan fingerprint density at radius 2 is 1.07 bits per heavy atom. The Hall–Kier alpha value is 3.24. The van der Waals surface area contributed by atoms with Crippen LogP contribution in [0.5, 0.6) is 0 Å². The van der Waals surface area contributed by atoms with E-state index in [9.17, 15) is 0 Å². The lowest BCUT2D eigenvalue weighted by Crippen LogP contribution is -2.57. The first kappa shape index (κ1) is 27.5. The Labute approximate surface area is 249 Å². The van der Waals surface area contributed by atoms with Gasteiger partial charge in [-0.15, -0.1) is 0 Å². The predicted molar refractivity (Wildman–Crippen MR) is 157 cm³/mol. The SMILES string of the molecule is CC(Br)(C(Br)(Br)c1ccccc1)C(C)(Br)C(Br)(Br)c1cc(Br)c(Br)c(Br)c1Br. The average Bonchev–Trinajstić information content (AvgIpc) is 2.63. The highest BCUT2D eigenvalue weighted by molar-refractivity contribution is 9.26. The van der Waals surface area contributed by atoms with Crippen LogP contribution in [0, 0.1) is 0 Å². The van der Waals surface area contributed by atoms with Crippen molar-refractivity contribution in [3.05, 3.63) is 65.4 Å². The van der Waals surface area contributed by atoms with Crippen LogP contribution in [0.25, 0.3) is 0 Å². The second-order valence-corrected chi connectivity index (χ2v) is 19.7. The van der Waals surface area contributed by atoms with Gasteiger partial charge in [0.15, 0.2) is 0 Å². The molecule has 0 nitrogen and oxygen atoms in total. The topological polar surface area (TPSA) is 0 Å². The van der Waals surface area contributed by atoms with E-state index < -0.39 is 15.1 Å². The third-order valence-electron chi connectivity index (χ3n) is 4.64. The standard InChI is InChI=1S/C18H12Br10/c1-15(23,17(25,26)9-6-4-3-5-7-9)16(2,24)18(27,28)10-8-11(19)13(21)14(22)12(10)20/h3-8H,1-2H3. The molecule has 2 atom stereocenters. The molecule has 0 saturated heterocycles. The zero-order valence-electron chi connectivity index (χ0n) is 14.2. The summed E-state index contributed by atoms with van der Waals surface area (Å²) in [5, 5.41) is 0. The Bertz CT molecular complexity index is 872. The summed E-state index contributed by atoms with van der Waals surface area (Å²) < 4.78 is 1.39. The molecule has 0 aliphatic rings. The third-order valence-corrected chi connectivity index (χ3v) is 19.7. The van der Waals surface area contributed by atoms with Crippen molar-refractivity contribution < 1.29 is 0 Å². The first-order valence-electron chi connectivity index (χ1n) is 7.63. The molecule has 2 unspecified atom stereocenters. The van der Waals surface area contributed by atoms with E-state index in [1.807, 2.05) is 18.2 Å². The van der Waals surface area contributed by atoms with E-state index in [-0.39, 0.29) is 0 Å². The molecule has 0 spiro atoms. The fraction of sp³-hybridized carbons (Fsp3) is 0.333. The molecule has 2 aromatic rings. The molecular formula is C18H12Br10. The lowest BCUT2D eigenvalue weighted by molar-refractivity contribution is 0.455. The third kappa shape index (κ3) is 4.73. The van der Waals surface area contributed by atoms with Crippen molar-refractivity contribution in [2.45, 2.75) is 29.0 Å². The van der Waals surface area contributed by atoms with Gasteiger partial charge in [-0.1, -0.05) is 126 Å². The predicted octanol–water partition coefficient (Wildman–Crippen LogP) is 11.6. The summed E-state index contributed by atoms with van der Waals surface area (Å²) in [6.45, 7) is 4.26. The maximum Gasteiger partial charge on any atom is 0.123 e. The summed E-state index contributed by atoms with van der Waals surface area (Å²) in [5.74, 6) is 0. The monoisotopic (exact) mass is 1020 g/mol. The van der Waals surface area contributed by atoms with Gasteiger partial charge in [0.05, 0.1) is 8.65 Å². The smallest absolute Gasteiger partial charge is 0.0812 e. The quantitative estimate of drug-likeness (QED) is 0.159. The Morgan fingerprint density at radius 3 is 1.57 bits per heavy atom. The van der Waals surface area contributed by atoms with Crippen molar-refractivity contribution in [3.8, 4) is 0 Å². The summed E-state index contributed by atoms with van der Waals surface area (Å²) in [6.07, 6.45) is 0. The molecule has 0 heterocycles. The van der Waals surface area contributed by atoms with E-state index in [4.69, 9.17) is 0 Å². The summed E-state index contributed by atoms with van der Waals surface area (Å²) >= 11 is 38.5. The fourth-order valence-corrected chi connectivity index (χ4v) is 10.2. The number of halogens is 10. The molecule has 10 heteroatoms. The molecular weight excluding hydrogens is 1020 g/mol. The summed E-state index contributed by atoms with van der Waals surface area (Å²) in [6, 6.07) is 12.3. The largest absolute Gasteiger partial charge is 0.123 e. The second-order valence-electron chi connectivity index (χ2n) is 6.37. The highest BCUT2D eigenvalue weighted by Gasteiger charge is 2.63. The molecule has 0 aliphatic heterocycles. The number of alkyl halides is 6. The van der Waals surface area contributed by atoms with Gasteiger partial charge in [-0.05, 0) is 94.8 Å². The van der Waals surface area contributed by atoms with Gasteiger partial charge in [0.2, 0.25) is 0 Å². The van der Waals surface area contributed by atoms with Crippen molar-refractivity contribution >= 4 is 159 Å². The summed E-state index contributed by atoms with van der Waals surface area (Å²) in [5.41, 5.74) is 2.09. The fourth-order valence-electron chi connectivity index (χ4n) is 2.56. The number of hydrogen-bond acceptors (Lipinski definition) is 0. The van der Waals surface area contributed by atoms with E-state index in [1.54, 1.807) is 0 Å². The van der Waals surface area contributed by atoms with Crippen molar-refractivity contribution in [2.75, 3.05) is 0 Å². The first-order valence-corrected chi connectivity index (χ1v) is 15.6. The average molecular weight is 1030 g/mol. The minimum atomic E-state index is -0.669. The molecule has 0 bridgehead atoms. The van der Waals surface area contributed by atoms with Gasteiger partial charge in [-0.3, -0.25) is 0 Å². The van der Waals surface area contributed by atoms with E-state index in [0.717, 1.165) is 29.0 Å². The first-order chi connectivity index (χ1) is 12.6. The number of hydrogen-bond donors (Lipinski definition) is 0. The van der Waals surface area contributed by atoms with Gasteiger partial charge in [-0.25, -0.2) is 0 Å². The Kier molecular flexibility index (Phi) is 9.67. The van der Waals surface area contributed by atoms with Crippen LogP contribution in [0.4, 0.5) is 0 Å². The normalized spacial score (nSPS) is 17.1. The minimum absolute atomic E-state index is 0.535. The molecule has 2 rings (SSSR count). The molecule has 28 heavy (non-hydrogen) atoms. The maximum absolute atomic E-state index is 4.03. The molecule has 2 aromatic carbocycles. The van der Waals surface area contributed by atoms with E-state index >= 15 is 0 Å². The van der Waals surface area contributed by atoms with E-state index in [2.05, 4.69) is 191 Å². The molecule has 0 amide bonds. The van der Waals surface area contributed by atoms with Crippen LogP contribution >= 0.6 is 159 Å². The van der Waals surface area contributed by atoms with Crippen LogP contribution in [-0.4, -0.2) is 8.65 Å². The van der Waals surface area contributed by atoms with Crippen LogP contribution in [0.15, 0.2) is 54.3 Å². The molecule has 0 N–H and O–H groups in total. The molecule has 154 valence electrons. The van der Waals surface area contributed by atoms with Crippen LogP contribution in [-0.2, 0) is 6.47 Å². The van der Waals surface area contributed by atoms with Gasteiger partial charge in [0.25, 0.3) is 0 Å². The number of benzene rings is 2. The lowest BCUT2D eigenvalue weighted by Gasteiger charge is -2.52. The molecule has 0 radical (unpaired) electrons. The van der Waals surface area contributed by atoms with Crippen LogP contribution < -0.4 is 0 Å². The van der Waals surface area contributed by atoms with Gasteiger partial charge in [0, 0.05) is 17.9 Å². The van der Waals surface area contributed by atoms with Gasteiger partial charge < -0.3 is 0 Å². The van der Waals surface area contributed by atoms with E-state index in [1.165, 1.54) is 0 Å². The van der Waals surface area contributed by atoms with Crippen LogP contribution in [0.3, 0.4) is 0 Å². The van der Waals surface area contributed by atoms with Gasteiger partial charge >= 0.3 is 0 Å². The van der Waals surface area contributed by atoms with Crippen molar-refractivity contribution in [2.24, 2.45) is 0 Å². The maximum atomic E-state index is 4.03. The summed E-state index contributed by atoms with van der Waals surface area (Å²) in [7, 11) is 0. The van der Waals surface area contributed by atoms with E-state index in [0.29, 0.717) is 0 Å². The minimum Gasteiger partial charge on any atom is -0.0812 e. The highest BCUT2D eigenvalue weighted by Crippen LogP contribution is 2.67.